The Labute approximate surface area is 105 Å². The van der Waals surface area contributed by atoms with Crippen LogP contribution in [0.25, 0.3) is 0 Å². The van der Waals surface area contributed by atoms with Crippen LogP contribution in [0, 0.1) is 0 Å². The zero-order valence-corrected chi connectivity index (χ0v) is 10.3. The number of carbonyl (C=O) groups excluding carboxylic acids is 2. The van der Waals surface area contributed by atoms with Gasteiger partial charge in [-0.3, -0.25) is 4.79 Å². The lowest BCUT2D eigenvalue weighted by molar-refractivity contribution is 0.0600. The lowest BCUT2D eigenvalue weighted by Gasteiger charge is -2.08. The van der Waals surface area contributed by atoms with Crippen LogP contribution in [-0.4, -0.2) is 39.3 Å². The number of ether oxygens (including phenoxy) is 3. The van der Waals surface area contributed by atoms with Gasteiger partial charge in [-0.1, -0.05) is 0 Å². The number of hydrogen-bond acceptors (Lipinski definition) is 5. The molecule has 0 aliphatic heterocycles. The van der Waals surface area contributed by atoms with E-state index < -0.39 is 11.9 Å². The fraction of sp³-hybridized carbons (Fsp3) is 0.333. The molecule has 0 radical (unpaired) electrons. The summed E-state index contributed by atoms with van der Waals surface area (Å²) in [5, 5.41) is 0. The zero-order chi connectivity index (χ0) is 13.5. The van der Waals surface area contributed by atoms with Gasteiger partial charge in [0, 0.05) is 12.7 Å². The molecule has 1 rings (SSSR count). The molecule has 0 aliphatic rings. The Kier molecular flexibility index (Phi) is 5.13. The van der Waals surface area contributed by atoms with E-state index in [2.05, 4.69) is 4.74 Å². The van der Waals surface area contributed by atoms with Crippen molar-refractivity contribution in [2.24, 2.45) is 5.73 Å². The number of rotatable bonds is 6. The summed E-state index contributed by atoms with van der Waals surface area (Å²) in [6, 6.07) is 4.30. The van der Waals surface area contributed by atoms with Crippen molar-refractivity contribution in [3.63, 3.8) is 0 Å². The first-order valence-corrected chi connectivity index (χ1v) is 5.23. The van der Waals surface area contributed by atoms with E-state index in [1.807, 2.05) is 0 Å². The Morgan fingerprint density at radius 3 is 2.33 bits per heavy atom. The Bertz CT molecular complexity index is 444. The number of methoxy groups -OCH3 is 2. The van der Waals surface area contributed by atoms with E-state index in [1.165, 1.54) is 25.3 Å². The summed E-state index contributed by atoms with van der Waals surface area (Å²) in [5.41, 5.74) is 5.57. The SMILES string of the molecule is COCCOc1cc(C(N)=O)cc(C(=O)OC)c1. The summed E-state index contributed by atoms with van der Waals surface area (Å²) >= 11 is 0. The Morgan fingerprint density at radius 2 is 1.78 bits per heavy atom. The molecular formula is C12H15NO5. The van der Waals surface area contributed by atoms with Crippen LogP contribution >= 0.6 is 0 Å². The number of primary amides is 1. The molecule has 98 valence electrons. The highest BCUT2D eigenvalue weighted by molar-refractivity contribution is 5.97. The molecule has 0 atom stereocenters. The summed E-state index contributed by atoms with van der Waals surface area (Å²) in [5.74, 6) is -0.837. The van der Waals surface area contributed by atoms with Crippen molar-refractivity contribution in [1.82, 2.24) is 0 Å². The lowest BCUT2D eigenvalue weighted by atomic mass is 10.1. The summed E-state index contributed by atoms with van der Waals surface area (Å²) in [6.07, 6.45) is 0. The zero-order valence-electron chi connectivity index (χ0n) is 10.3. The third kappa shape index (κ3) is 3.74. The maximum Gasteiger partial charge on any atom is 0.338 e. The van der Waals surface area contributed by atoms with E-state index in [-0.39, 0.29) is 11.1 Å². The molecule has 2 N–H and O–H groups in total. The van der Waals surface area contributed by atoms with Crippen molar-refractivity contribution in [3.05, 3.63) is 29.3 Å². The van der Waals surface area contributed by atoms with Crippen molar-refractivity contribution in [1.29, 1.82) is 0 Å². The summed E-state index contributed by atoms with van der Waals surface area (Å²) in [7, 11) is 2.80. The number of hydrogen-bond donors (Lipinski definition) is 1. The molecule has 1 aromatic rings. The summed E-state index contributed by atoms with van der Waals surface area (Å²) < 4.78 is 14.7. The minimum atomic E-state index is -0.641. The molecule has 0 saturated heterocycles. The second-order valence-corrected chi connectivity index (χ2v) is 3.44. The van der Waals surface area contributed by atoms with Crippen molar-refractivity contribution in [3.8, 4) is 5.75 Å². The standard InChI is InChI=1S/C12H15NO5/c1-16-3-4-18-10-6-8(11(13)14)5-9(7-10)12(15)17-2/h5-7H,3-4H2,1-2H3,(H2,13,14). The molecule has 0 fully saturated rings. The third-order valence-electron chi connectivity index (χ3n) is 2.17. The monoisotopic (exact) mass is 253 g/mol. The molecule has 0 bridgehead atoms. The molecule has 1 aromatic carbocycles. The Hall–Kier alpha value is -2.08. The largest absolute Gasteiger partial charge is 0.491 e. The van der Waals surface area contributed by atoms with Crippen LogP contribution in [0.15, 0.2) is 18.2 Å². The van der Waals surface area contributed by atoms with Crippen molar-refractivity contribution < 1.29 is 23.8 Å². The van der Waals surface area contributed by atoms with Gasteiger partial charge in [-0.05, 0) is 18.2 Å². The van der Waals surface area contributed by atoms with Crippen LogP contribution < -0.4 is 10.5 Å². The van der Waals surface area contributed by atoms with E-state index in [0.29, 0.717) is 19.0 Å². The molecule has 0 saturated carbocycles. The fourth-order valence-corrected chi connectivity index (χ4v) is 1.30. The number of esters is 1. The van der Waals surface area contributed by atoms with Gasteiger partial charge in [-0.2, -0.15) is 0 Å². The van der Waals surface area contributed by atoms with Gasteiger partial charge in [0.1, 0.15) is 12.4 Å². The molecule has 18 heavy (non-hydrogen) atoms. The number of amides is 1. The van der Waals surface area contributed by atoms with Crippen LogP contribution in [-0.2, 0) is 9.47 Å². The molecule has 0 spiro atoms. The first-order valence-electron chi connectivity index (χ1n) is 5.23. The van der Waals surface area contributed by atoms with E-state index in [1.54, 1.807) is 7.11 Å². The van der Waals surface area contributed by atoms with E-state index >= 15 is 0 Å². The predicted octanol–water partition coefficient (Wildman–Crippen LogP) is 0.597. The highest BCUT2D eigenvalue weighted by atomic mass is 16.5. The molecule has 1 amide bonds. The van der Waals surface area contributed by atoms with Crippen molar-refractivity contribution in [2.45, 2.75) is 0 Å². The fourth-order valence-electron chi connectivity index (χ4n) is 1.30. The quantitative estimate of drug-likeness (QED) is 0.592. The number of nitrogens with two attached hydrogens (primary N) is 1. The molecule has 0 aliphatic carbocycles. The summed E-state index contributed by atoms with van der Waals surface area (Å²) in [4.78, 5) is 22.6. The molecule has 6 nitrogen and oxygen atoms in total. The lowest BCUT2D eigenvalue weighted by Crippen LogP contribution is -2.13. The van der Waals surface area contributed by atoms with Crippen molar-refractivity contribution in [2.75, 3.05) is 27.4 Å². The molecule has 0 heterocycles. The minimum absolute atomic E-state index is 0.185. The molecule has 6 heteroatoms. The van der Waals surface area contributed by atoms with Gasteiger partial charge in [0.2, 0.25) is 5.91 Å². The van der Waals surface area contributed by atoms with Crippen molar-refractivity contribution >= 4 is 11.9 Å². The van der Waals surface area contributed by atoms with Crippen LogP contribution in [0.3, 0.4) is 0 Å². The molecular weight excluding hydrogens is 238 g/mol. The van der Waals surface area contributed by atoms with Crippen LogP contribution in [0.5, 0.6) is 5.75 Å². The smallest absolute Gasteiger partial charge is 0.338 e. The highest BCUT2D eigenvalue weighted by Crippen LogP contribution is 2.18. The van der Waals surface area contributed by atoms with Crippen LogP contribution in [0.2, 0.25) is 0 Å². The first-order chi connectivity index (χ1) is 8.58. The minimum Gasteiger partial charge on any atom is -0.491 e. The Morgan fingerprint density at radius 1 is 1.11 bits per heavy atom. The number of benzene rings is 1. The average Bonchev–Trinajstić information content (AvgIpc) is 2.37. The predicted molar refractivity (Wildman–Crippen MR) is 63.7 cm³/mol. The molecule has 0 aromatic heterocycles. The second kappa shape index (κ2) is 6.61. The van der Waals surface area contributed by atoms with Gasteiger partial charge in [0.05, 0.1) is 19.3 Å². The van der Waals surface area contributed by atoms with Crippen LogP contribution in [0.4, 0.5) is 0 Å². The van der Waals surface area contributed by atoms with Gasteiger partial charge in [-0.15, -0.1) is 0 Å². The maximum absolute atomic E-state index is 11.4. The normalized spacial score (nSPS) is 9.89. The summed E-state index contributed by atoms with van der Waals surface area (Å²) in [6.45, 7) is 0.702. The highest BCUT2D eigenvalue weighted by Gasteiger charge is 2.12. The van der Waals surface area contributed by atoms with Gasteiger partial charge in [0.15, 0.2) is 0 Å². The van der Waals surface area contributed by atoms with E-state index in [0.717, 1.165) is 0 Å². The van der Waals surface area contributed by atoms with Gasteiger partial charge >= 0.3 is 5.97 Å². The third-order valence-corrected chi connectivity index (χ3v) is 2.17. The maximum atomic E-state index is 11.4. The van der Waals surface area contributed by atoms with E-state index in [9.17, 15) is 9.59 Å². The Balaban J connectivity index is 2.98. The number of carbonyl (C=O) groups is 2. The van der Waals surface area contributed by atoms with E-state index in [4.69, 9.17) is 15.2 Å². The average molecular weight is 253 g/mol. The van der Waals surface area contributed by atoms with Crippen LogP contribution in [0.1, 0.15) is 20.7 Å². The first kappa shape index (κ1) is 14.0. The van der Waals surface area contributed by atoms with Gasteiger partial charge in [0.25, 0.3) is 0 Å². The topological polar surface area (TPSA) is 87.9 Å². The molecule has 0 unspecified atom stereocenters. The van der Waals surface area contributed by atoms with Gasteiger partial charge in [-0.25, -0.2) is 4.79 Å². The van der Waals surface area contributed by atoms with Gasteiger partial charge < -0.3 is 19.9 Å². The second-order valence-electron chi connectivity index (χ2n) is 3.44.